The summed E-state index contributed by atoms with van der Waals surface area (Å²) in [5, 5.41) is 2.63. The van der Waals surface area contributed by atoms with Crippen molar-refractivity contribution in [3.05, 3.63) is 77.8 Å². The summed E-state index contributed by atoms with van der Waals surface area (Å²) in [4.78, 5) is 29.5. The van der Waals surface area contributed by atoms with Crippen LogP contribution in [0.2, 0.25) is 0 Å². The van der Waals surface area contributed by atoms with Crippen molar-refractivity contribution in [3.8, 4) is 11.8 Å². The molecule has 1 atom stereocenters. The first-order valence-corrected chi connectivity index (χ1v) is 14.4. The van der Waals surface area contributed by atoms with Gasteiger partial charge in [0.1, 0.15) is 17.3 Å². The van der Waals surface area contributed by atoms with E-state index in [4.69, 9.17) is 0 Å². The summed E-state index contributed by atoms with van der Waals surface area (Å²) in [7, 11) is -3.61. The van der Waals surface area contributed by atoms with Gasteiger partial charge in [-0.3, -0.25) is 4.79 Å². The average Bonchev–Trinajstić information content (AvgIpc) is 2.97. The van der Waals surface area contributed by atoms with Gasteiger partial charge in [0, 0.05) is 69.0 Å². The Kier molecular flexibility index (Phi) is 9.85. The normalized spacial score (nSPS) is 15.0. The first-order valence-electron chi connectivity index (χ1n) is 12.8. The van der Waals surface area contributed by atoms with Gasteiger partial charge < -0.3 is 10.2 Å². The summed E-state index contributed by atoms with van der Waals surface area (Å²) in [6.07, 6.45) is 3.35. The van der Waals surface area contributed by atoms with Crippen LogP contribution in [0.1, 0.15) is 35.5 Å². The number of sulfonamides is 1. The predicted molar refractivity (Wildman–Crippen MR) is 145 cm³/mol. The fourth-order valence-electron chi connectivity index (χ4n) is 4.25. The van der Waals surface area contributed by atoms with Gasteiger partial charge in [0.2, 0.25) is 16.4 Å². The lowest BCUT2D eigenvalue weighted by atomic mass is 10.1. The average molecular weight is 588 g/mol. The second kappa shape index (κ2) is 13.5. The van der Waals surface area contributed by atoms with E-state index in [-0.39, 0.29) is 24.5 Å². The fourth-order valence-corrected chi connectivity index (χ4v) is 5.95. The smallest absolute Gasteiger partial charge is 0.355 e. The zero-order valence-electron chi connectivity index (χ0n) is 22.0. The molecule has 3 aromatic heterocycles. The van der Waals surface area contributed by atoms with Crippen molar-refractivity contribution >= 4 is 22.3 Å². The van der Waals surface area contributed by atoms with Crippen molar-refractivity contribution in [3.63, 3.8) is 0 Å². The van der Waals surface area contributed by atoms with Crippen LogP contribution in [0.5, 0.6) is 0 Å². The van der Waals surface area contributed by atoms with Crippen LogP contribution in [0.3, 0.4) is 0 Å². The molecule has 0 saturated carbocycles. The molecule has 1 aliphatic rings. The molecular formula is C27H28F3N7O3S. The molecule has 0 aromatic carbocycles. The maximum Gasteiger partial charge on any atom is 0.417 e. The van der Waals surface area contributed by atoms with Gasteiger partial charge in [-0.2, -0.15) is 17.5 Å². The van der Waals surface area contributed by atoms with E-state index in [1.807, 2.05) is 4.90 Å². The van der Waals surface area contributed by atoms with Crippen molar-refractivity contribution < 1.29 is 26.4 Å². The van der Waals surface area contributed by atoms with Gasteiger partial charge in [0.15, 0.2) is 0 Å². The Morgan fingerprint density at radius 3 is 2.34 bits per heavy atom. The molecule has 0 aliphatic carbocycles. The Labute approximate surface area is 236 Å². The Morgan fingerprint density at radius 1 is 0.976 bits per heavy atom. The van der Waals surface area contributed by atoms with Gasteiger partial charge >= 0.3 is 6.18 Å². The summed E-state index contributed by atoms with van der Waals surface area (Å²) >= 11 is 0. The lowest BCUT2D eigenvalue weighted by Crippen LogP contribution is -2.51. The number of amides is 1. The number of piperazine rings is 1. The van der Waals surface area contributed by atoms with E-state index in [0.29, 0.717) is 56.0 Å². The van der Waals surface area contributed by atoms with E-state index in [0.717, 1.165) is 12.3 Å². The molecule has 1 fully saturated rings. The number of aromatic nitrogens is 4. The minimum absolute atomic E-state index is 0.194. The Morgan fingerprint density at radius 2 is 1.73 bits per heavy atom. The molecule has 0 radical (unpaired) electrons. The van der Waals surface area contributed by atoms with Crippen LogP contribution in [0.4, 0.5) is 19.0 Å². The number of aryl methyl sites for hydroxylation is 1. The highest BCUT2D eigenvalue weighted by Gasteiger charge is 2.31. The van der Waals surface area contributed by atoms with Crippen LogP contribution in [-0.4, -0.2) is 77.0 Å². The molecule has 1 unspecified atom stereocenters. The molecule has 1 N–H and O–H groups in total. The summed E-state index contributed by atoms with van der Waals surface area (Å²) in [5.74, 6) is 6.68. The molecule has 0 spiro atoms. The van der Waals surface area contributed by atoms with E-state index in [1.165, 1.54) is 10.4 Å². The highest BCUT2D eigenvalue weighted by atomic mass is 32.2. The van der Waals surface area contributed by atoms with E-state index in [1.54, 1.807) is 36.8 Å². The molecule has 4 rings (SSSR count). The number of alkyl halides is 3. The van der Waals surface area contributed by atoms with Crippen LogP contribution in [0.25, 0.3) is 0 Å². The highest BCUT2D eigenvalue weighted by Crippen LogP contribution is 2.28. The summed E-state index contributed by atoms with van der Waals surface area (Å²) in [6.45, 7) is 1.42. The third kappa shape index (κ3) is 8.70. The Balaban J connectivity index is 1.28. The minimum atomic E-state index is -4.46. The quantitative estimate of drug-likeness (QED) is 0.283. The SMILES string of the molecule is O=CNC(CCCc1ncccn1)CS(=O)(=O)N1CCN(c2ccc(C#Cc3ccc(C(F)(F)F)cn3)cn2)CC1. The number of anilines is 1. The van der Waals surface area contributed by atoms with Crippen LogP contribution in [0.15, 0.2) is 55.1 Å². The second-order valence-electron chi connectivity index (χ2n) is 9.29. The van der Waals surface area contributed by atoms with Crippen molar-refractivity contribution in [2.24, 2.45) is 0 Å². The predicted octanol–water partition coefficient (Wildman–Crippen LogP) is 2.27. The third-order valence-corrected chi connectivity index (χ3v) is 8.39. The zero-order chi connectivity index (χ0) is 29.3. The van der Waals surface area contributed by atoms with Crippen LogP contribution >= 0.6 is 0 Å². The molecule has 3 aromatic rings. The number of rotatable bonds is 10. The summed E-state index contributed by atoms with van der Waals surface area (Å²) in [6, 6.07) is 6.83. The summed E-state index contributed by atoms with van der Waals surface area (Å²) in [5.41, 5.74) is -0.0757. The van der Waals surface area contributed by atoms with Crippen molar-refractivity contribution in [1.82, 2.24) is 29.6 Å². The largest absolute Gasteiger partial charge is 0.417 e. The molecule has 1 aliphatic heterocycles. The first-order chi connectivity index (χ1) is 19.6. The van der Waals surface area contributed by atoms with Crippen molar-refractivity contribution in [2.75, 3.05) is 36.8 Å². The number of carbonyl (C=O) groups is 1. The topological polar surface area (TPSA) is 121 Å². The molecular weight excluding hydrogens is 559 g/mol. The van der Waals surface area contributed by atoms with E-state index in [9.17, 15) is 26.4 Å². The molecule has 216 valence electrons. The number of nitrogens with one attached hydrogen (secondary N) is 1. The molecule has 1 saturated heterocycles. The lowest BCUT2D eigenvalue weighted by molar-refractivity contribution is -0.137. The first kappa shape index (κ1) is 29.9. The molecule has 14 heteroatoms. The maximum atomic E-state index is 13.1. The standard InChI is InChI=1S/C27H28F3N7O3S/c28-27(29,30)22-7-9-23(33-18-22)8-5-21-6-10-26(34-17-21)36-13-15-37(16-14-36)41(39,40)19-24(35-20-38)3-1-4-25-31-11-2-12-32-25/h2,6-7,9-12,17-18,20,24H,1,3-4,13-16,19H2,(H,35,38). The van der Waals surface area contributed by atoms with Gasteiger partial charge in [-0.1, -0.05) is 5.92 Å². The van der Waals surface area contributed by atoms with Crippen molar-refractivity contribution in [1.29, 1.82) is 0 Å². The summed E-state index contributed by atoms with van der Waals surface area (Å²) < 4.78 is 65.6. The van der Waals surface area contributed by atoms with E-state index in [2.05, 4.69) is 37.1 Å². The lowest BCUT2D eigenvalue weighted by Gasteiger charge is -2.35. The molecule has 0 bridgehead atoms. The molecule has 1 amide bonds. The number of hydrogen-bond donors (Lipinski definition) is 1. The maximum absolute atomic E-state index is 13.1. The highest BCUT2D eigenvalue weighted by molar-refractivity contribution is 7.89. The monoisotopic (exact) mass is 587 g/mol. The van der Waals surface area contributed by atoms with E-state index < -0.39 is 27.8 Å². The second-order valence-corrected chi connectivity index (χ2v) is 11.3. The van der Waals surface area contributed by atoms with Gasteiger partial charge in [-0.25, -0.2) is 28.4 Å². The molecule has 4 heterocycles. The zero-order valence-corrected chi connectivity index (χ0v) is 22.8. The van der Waals surface area contributed by atoms with E-state index >= 15 is 0 Å². The van der Waals surface area contributed by atoms with Gasteiger partial charge in [-0.15, -0.1) is 0 Å². The van der Waals surface area contributed by atoms with Crippen LogP contribution in [0, 0.1) is 11.8 Å². The molecule has 10 nitrogen and oxygen atoms in total. The Bertz CT molecular complexity index is 1450. The molecule has 41 heavy (non-hydrogen) atoms. The number of hydrogen-bond acceptors (Lipinski definition) is 8. The van der Waals surface area contributed by atoms with Crippen LogP contribution in [-0.2, 0) is 27.4 Å². The number of halogens is 3. The van der Waals surface area contributed by atoms with Gasteiger partial charge in [0.05, 0.1) is 11.3 Å². The number of carbonyl (C=O) groups excluding carboxylic acids is 1. The van der Waals surface area contributed by atoms with Crippen LogP contribution < -0.4 is 10.2 Å². The van der Waals surface area contributed by atoms with Gasteiger partial charge in [-0.05, 0) is 49.1 Å². The number of pyridine rings is 2. The minimum Gasteiger partial charge on any atom is -0.355 e. The van der Waals surface area contributed by atoms with Crippen molar-refractivity contribution in [2.45, 2.75) is 31.5 Å². The Hall–Kier alpha value is -4.09. The number of nitrogens with zero attached hydrogens (tertiary/aromatic N) is 6. The van der Waals surface area contributed by atoms with Gasteiger partial charge in [0.25, 0.3) is 0 Å². The third-order valence-electron chi connectivity index (χ3n) is 6.42. The fraction of sp³-hybridized carbons (Fsp3) is 0.370.